The number of hydrogen-bond acceptors (Lipinski definition) is 15. The van der Waals surface area contributed by atoms with E-state index in [0.29, 0.717) is 23.8 Å². The summed E-state index contributed by atoms with van der Waals surface area (Å²) in [7, 11) is 0. The Morgan fingerprint density at radius 1 is 0.692 bits per heavy atom. The Hall–Kier alpha value is -6.74. The molecular formula is C61H82N10O7. The first-order valence-corrected chi connectivity index (χ1v) is 27.7. The van der Waals surface area contributed by atoms with Crippen molar-refractivity contribution in [1.29, 1.82) is 0 Å². The van der Waals surface area contributed by atoms with Crippen LogP contribution < -0.4 is 14.8 Å². The highest BCUT2D eigenvalue weighted by molar-refractivity contribution is 5.42. The second-order valence-corrected chi connectivity index (χ2v) is 23.3. The first-order valence-electron chi connectivity index (χ1n) is 27.7. The van der Waals surface area contributed by atoms with Crippen molar-refractivity contribution in [2.45, 2.75) is 189 Å². The largest absolute Gasteiger partial charge is 0.486 e. The summed E-state index contributed by atoms with van der Waals surface area (Å²) in [5.41, 5.74) is 10.5. The number of hydrogen-bond donors (Lipinski definition) is 2. The molecule has 0 spiro atoms. The minimum Gasteiger partial charge on any atom is -0.486 e. The molecular weight excluding hydrogens is 985 g/mol. The van der Waals surface area contributed by atoms with Gasteiger partial charge in [0, 0.05) is 56.2 Å². The number of aliphatic hydroxyl groups is 1. The van der Waals surface area contributed by atoms with Crippen LogP contribution in [0.25, 0.3) is 0 Å². The lowest BCUT2D eigenvalue weighted by Gasteiger charge is -2.34. The molecule has 6 aromatic rings. The highest BCUT2D eigenvalue weighted by Gasteiger charge is 2.37. The van der Waals surface area contributed by atoms with E-state index in [2.05, 4.69) is 170 Å². The van der Waals surface area contributed by atoms with E-state index in [1.807, 2.05) is 32.0 Å². The Labute approximate surface area is 460 Å². The predicted octanol–water partition coefficient (Wildman–Crippen LogP) is 9.94. The number of fused-ring (bicyclic) bond motifs is 4. The van der Waals surface area contributed by atoms with Crippen molar-refractivity contribution in [3.8, 4) is 11.5 Å². The summed E-state index contributed by atoms with van der Waals surface area (Å²) >= 11 is 0. The lowest BCUT2D eigenvalue weighted by molar-refractivity contribution is -0.193. The maximum Gasteiger partial charge on any atom is 0.373 e. The third-order valence-electron chi connectivity index (χ3n) is 15.0. The number of aryl methyl sites for hydroxylation is 6. The summed E-state index contributed by atoms with van der Waals surface area (Å²) in [4.78, 5) is 38.5. The first-order chi connectivity index (χ1) is 37.2. The van der Waals surface area contributed by atoms with E-state index in [0.717, 1.165) is 113 Å². The second kappa shape index (κ2) is 27.7. The maximum absolute atomic E-state index is 10.2. The van der Waals surface area contributed by atoms with Crippen LogP contribution in [-0.2, 0) is 71.0 Å². The van der Waals surface area contributed by atoms with Gasteiger partial charge in [-0.3, -0.25) is 4.90 Å². The molecule has 4 aromatic carbocycles. The molecule has 0 bridgehead atoms. The fourth-order valence-electron chi connectivity index (χ4n) is 11.2. The quantitative estimate of drug-likeness (QED) is 0.117. The van der Waals surface area contributed by atoms with Crippen LogP contribution in [0.15, 0.2) is 84.9 Å². The number of aromatic nitrogens is 8. The molecule has 0 saturated heterocycles. The first kappa shape index (κ1) is 60.5. The van der Waals surface area contributed by atoms with Crippen LogP contribution in [0, 0.1) is 11.3 Å². The Morgan fingerprint density at radius 3 is 1.81 bits per heavy atom. The van der Waals surface area contributed by atoms with Gasteiger partial charge in [0.15, 0.2) is 11.6 Å². The number of nitrogens with zero attached hydrogens (tertiary/aromatic N) is 9. The molecule has 2 aliphatic heterocycles. The molecule has 0 fully saturated rings. The van der Waals surface area contributed by atoms with Crippen LogP contribution in [0.1, 0.15) is 182 Å². The van der Waals surface area contributed by atoms with Gasteiger partial charge in [-0.2, -0.15) is 28.8 Å². The van der Waals surface area contributed by atoms with Gasteiger partial charge >= 0.3 is 12.3 Å². The Kier molecular flexibility index (Phi) is 21.5. The Balaban J connectivity index is 0.000000196. The topological polar surface area (TPSA) is 209 Å². The zero-order chi connectivity index (χ0) is 56.6. The molecule has 4 heterocycles. The van der Waals surface area contributed by atoms with Gasteiger partial charge in [0.1, 0.15) is 22.7 Å². The van der Waals surface area contributed by atoms with Gasteiger partial charge in [-0.25, -0.2) is 0 Å². The molecule has 418 valence electrons. The van der Waals surface area contributed by atoms with Crippen LogP contribution in [0.4, 0.5) is 0 Å². The average Bonchev–Trinajstić information content (AvgIpc) is 4.24. The smallest absolute Gasteiger partial charge is 0.373 e. The van der Waals surface area contributed by atoms with E-state index in [4.69, 9.17) is 28.7 Å². The van der Waals surface area contributed by atoms with E-state index in [-0.39, 0.29) is 35.0 Å². The Morgan fingerprint density at radius 2 is 1.22 bits per heavy atom. The van der Waals surface area contributed by atoms with Crippen LogP contribution in [-0.4, -0.2) is 87.0 Å². The van der Waals surface area contributed by atoms with E-state index in [1.165, 1.54) is 45.4 Å². The van der Waals surface area contributed by atoms with Crippen molar-refractivity contribution >= 4 is 12.3 Å². The number of nitrogens with one attached hydrogen (secondary N) is 1. The molecule has 0 amide bonds. The predicted molar refractivity (Wildman–Crippen MR) is 295 cm³/mol. The molecule has 4 unspecified atom stereocenters. The average molecular weight is 1070 g/mol. The molecule has 17 nitrogen and oxygen atoms in total. The van der Waals surface area contributed by atoms with Gasteiger partial charge in [-0.15, -0.1) is 20.4 Å². The monoisotopic (exact) mass is 1070 g/mol. The number of para-hydroxylation sites is 2. The number of benzene rings is 4. The van der Waals surface area contributed by atoms with Gasteiger partial charge in [0.25, 0.3) is 0 Å². The zero-order valence-electron chi connectivity index (χ0n) is 47.8. The number of rotatable bonds is 12. The molecule has 0 radical (unpaired) electrons. The Bertz CT molecular complexity index is 2920. The molecule has 0 saturated carbocycles. The SMILES string of the molecule is CC1(C)CNCc2ccccc2O1.CCn1nnc(CCC(c2ccc3c(c2)C(N2Cc4ccccc4OC(C)(C)C2)CC3)C(C)C)n1.CCn1nnc(CCC(c2ccc3c(c2)C(O)CC3)C(C)(C)C)n1.O=C=O.O=C=O. The van der Waals surface area contributed by atoms with Crippen molar-refractivity contribution in [2.24, 2.45) is 11.3 Å². The third-order valence-corrected chi connectivity index (χ3v) is 15.0. The third kappa shape index (κ3) is 16.6. The fraction of sp³-hybridized carbons (Fsp3) is 0.541. The molecule has 2 N–H and O–H groups in total. The molecule has 10 rings (SSSR count). The van der Waals surface area contributed by atoms with Crippen molar-refractivity contribution in [1.82, 2.24) is 50.6 Å². The lowest BCUT2D eigenvalue weighted by Crippen LogP contribution is -2.41. The van der Waals surface area contributed by atoms with Crippen molar-refractivity contribution < 1.29 is 33.8 Å². The normalized spacial score (nSPS) is 18.3. The molecule has 4 atom stereocenters. The summed E-state index contributed by atoms with van der Waals surface area (Å²) in [5, 5.41) is 39.0. The van der Waals surface area contributed by atoms with Gasteiger partial charge in [0.2, 0.25) is 0 Å². The van der Waals surface area contributed by atoms with Crippen LogP contribution in [0.3, 0.4) is 0 Å². The van der Waals surface area contributed by atoms with Crippen LogP contribution >= 0.6 is 0 Å². The fourth-order valence-corrected chi connectivity index (χ4v) is 11.2. The standard InChI is InChI=1S/C29H39N5O.C19H28N4O.C11H15NO.2CO2/c1-6-34-31-28(30-32-34)16-14-24(20(2)3)22-12-11-21-13-15-26(25(21)17-22)33-18-23-9-7-8-10-27(23)35-29(4,5)19-33;1-5-23-21-18(20-22-23)11-9-16(19(2,3)4)14-7-6-13-8-10-17(24)15(13)12-14;1-11(2)8-12-7-9-5-3-4-6-10(9)13-11;2*2-1-3/h7-12,17,20,24,26H,6,13-16,18-19H2,1-5H3;6-7,12,16-17,24H,5,8-11H2,1-4H3;3-6,12H,7-8H2,1-2H3;;. The summed E-state index contributed by atoms with van der Waals surface area (Å²) in [6.07, 6.45) is 8.06. The van der Waals surface area contributed by atoms with E-state index in [1.54, 1.807) is 9.59 Å². The second-order valence-electron chi connectivity index (χ2n) is 23.3. The number of carbonyl (C=O) groups excluding carboxylic acids is 4. The molecule has 2 aromatic heterocycles. The lowest BCUT2D eigenvalue weighted by atomic mass is 9.73. The van der Waals surface area contributed by atoms with Gasteiger partial charge < -0.3 is 19.9 Å². The highest BCUT2D eigenvalue weighted by Crippen LogP contribution is 2.44. The summed E-state index contributed by atoms with van der Waals surface area (Å²) < 4.78 is 12.3. The molecule has 4 aliphatic rings. The maximum atomic E-state index is 10.2. The van der Waals surface area contributed by atoms with Gasteiger partial charge in [0.05, 0.1) is 19.2 Å². The van der Waals surface area contributed by atoms with Crippen molar-refractivity contribution in [2.75, 3.05) is 13.1 Å². The minimum atomic E-state index is -0.299. The minimum absolute atomic E-state index is 0.105. The molecule has 78 heavy (non-hydrogen) atoms. The number of ether oxygens (including phenoxy) is 2. The highest BCUT2D eigenvalue weighted by atomic mass is 16.5. The van der Waals surface area contributed by atoms with Crippen molar-refractivity contribution in [3.63, 3.8) is 0 Å². The molecule has 2 aliphatic carbocycles. The zero-order valence-corrected chi connectivity index (χ0v) is 47.8. The molecule has 17 heteroatoms. The van der Waals surface area contributed by atoms with Crippen molar-refractivity contribution in [3.05, 3.63) is 141 Å². The van der Waals surface area contributed by atoms with E-state index >= 15 is 0 Å². The van der Waals surface area contributed by atoms with E-state index < -0.39 is 0 Å². The number of aliphatic hydroxyl groups excluding tert-OH is 1. The van der Waals surface area contributed by atoms with E-state index in [9.17, 15) is 5.11 Å². The van der Waals surface area contributed by atoms with Crippen LogP contribution in [0.2, 0.25) is 0 Å². The summed E-state index contributed by atoms with van der Waals surface area (Å²) in [6, 6.07) is 31.1. The van der Waals surface area contributed by atoms with Crippen LogP contribution in [0.5, 0.6) is 11.5 Å². The summed E-state index contributed by atoms with van der Waals surface area (Å²) in [5.74, 6) is 5.11. The number of tetrazole rings is 2. The van der Waals surface area contributed by atoms with Gasteiger partial charge in [-0.05, 0) is 159 Å². The summed E-state index contributed by atoms with van der Waals surface area (Å²) in [6.45, 7) is 29.3. The van der Waals surface area contributed by atoms with Gasteiger partial charge in [-0.1, -0.05) is 107 Å².